The first-order chi connectivity index (χ1) is 7.10. The zero-order valence-electron chi connectivity index (χ0n) is 9.26. The van der Waals surface area contributed by atoms with Crippen molar-refractivity contribution in [3.63, 3.8) is 0 Å². The van der Waals surface area contributed by atoms with Gasteiger partial charge in [0.1, 0.15) is 5.75 Å². The lowest BCUT2D eigenvalue weighted by atomic mass is 9.99. The molecule has 0 fully saturated rings. The van der Waals surface area contributed by atoms with Crippen LogP contribution in [0.5, 0.6) is 5.75 Å². The number of alkyl halides is 1. The number of methoxy groups -OCH3 is 1. The molecular formula is C12H15ClO2. The van der Waals surface area contributed by atoms with Gasteiger partial charge in [0.15, 0.2) is 5.78 Å². The van der Waals surface area contributed by atoms with E-state index in [1.165, 1.54) is 0 Å². The van der Waals surface area contributed by atoms with Gasteiger partial charge >= 0.3 is 0 Å². The summed E-state index contributed by atoms with van der Waals surface area (Å²) in [5, 5.41) is 0. The maximum Gasteiger partial charge on any atom is 0.151 e. The van der Waals surface area contributed by atoms with E-state index in [4.69, 9.17) is 16.3 Å². The van der Waals surface area contributed by atoms with Crippen molar-refractivity contribution in [1.82, 2.24) is 0 Å². The van der Waals surface area contributed by atoms with Crippen LogP contribution in [0.25, 0.3) is 0 Å². The van der Waals surface area contributed by atoms with E-state index in [1.54, 1.807) is 7.11 Å². The molecule has 2 nitrogen and oxygen atoms in total. The molecule has 0 unspecified atom stereocenters. The molecule has 0 N–H and O–H groups in total. The summed E-state index contributed by atoms with van der Waals surface area (Å²) in [6.45, 7) is 3.98. The van der Waals surface area contributed by atoms with E-state index < -0.39 is 0 Å². The molecule has 0 spiro atoms. The summed E-state index contributed by atoms with van der Waals surface area (Å²) in [5.74, 6) is 0.976. The van der Waals surface area contributed by atoms with Crippen molar-refractivity contribution in [1.29, 1.82) is 0 Å². The van der Waals surface area contributed by atoms with Gasteiger partial charge in [0, 0.05) is 6.42 Å². The lowest BCUT2D eigenvalue weighted by molar-refractivity contribution is -0.116. The fraction of sp³-hybridized carbons (Fsp3) is 0.417. The fourth-order valence-electron chi connectivity index (χ4n) is 1.52. The second-order valence-electron chi connectivity index (χ2n) is 3.53. The summed E-state index contributed by atoms with van der Waals surface area (Å²) in [6.07, 6.45) is 0.403. The van der Waals surface area contributed by atoms with Crippen molar-refractivity contribution in [3.8, 4) is 5.75 Å². The Kier molecular flexibility index (Phi) is 4.15. The molecule has 0 aliphatic rings. The summed E-state index contributed by atoms with van der Waals surface area (Å²) in [5.41, 5.74) is 3.21. The second kappa shape index (κ2) is 5.17. The number of rotatable bonds is 4. The zero-order valence-corrected chi connectivity index (χ0v) is 10.0. The molecule has 1 aromatic carbocycles. The molecule has 0 aliphatic carbocycles. The van der Waals surface area contributed by atoms with E-state index in [-0.39, 0.29) is 11.7 Å². The molecule has 1 aromatic rings. The first-order valence-corrected chi connectivity index (χ1v) is 5.34. The van der Waals surface area contributed by atoms with Crippen molar-refractivity contribution in [2.45, 2.75) is 20.3 Å². The molecule has 0 atom stereocenters. The van der Waals surface area contributed by atoms with Crippen LogP contribution in [0.15, 0.2) is 12.1 Å². The predicted molar refractivity (Wildman–Crippen MR) is 61.9 cm³/mol. The molecule has 0 radical (unpaired) electrons. The summed E-state index contributed by atoms with van der Waals surface area (Å²) < 4.78 is 5.20. The average molecular weight is 227 g/mol. The van der Waals surface area contributed by atoms with Crippen LogP contribution in [0.3, 0.4) is 0 Å². The van der Waals surface area contributed by atoms with Gasteiger partial charge in [-0.2, -0.15) is 0 Å². The van der Waals surface area contributed by atoms with Crippen LogP contribution in [0, 0.1) is 13.8 Å². The van der Waals surface area contributed by atoms with E-state index in [0.717, 1.165) is 22.4 Å². The van der Waals surface area contributed by atoms with Crippen molar-refractivity contribution in [2.75, 3.05) is 13.0 Å². The number of Topliss-reactive ketones (excluding diaryl/α,β-unsaturated/α-hetero) is 1. The quantitative estimate of drug-likeness (QED) is 0.738. The maximum atomic E-state index is 11.2. The third kappa shape index (κ3) is 2.72. The van der Waals surface area contributed by atoms with Gasteiger partial charge in [-0.3, -0.25) is 4.79 Å². The van der Waals surface area contributed by atoms with Gasteiger partial charge in [0.2, 0.25) is 0 Å². The van der Waals surface area contributed by atoms with Gasteiger partial charge in [-0.25, -0.2) is 0 Å². The fourth-order valence-corrected chi connectivity index (χ4v) is 1.62. The van der Waals surface area contributed by atoms with Gasteiger partial charge in [-0.1, -0.05) is 6.07 Å². The van der Waals surface area contributed by atoms with Gasteiger partial charge < -0.3 is 4.74 Å². The molecule has 0 heterocycles. The molecule has 0 saturated carbocycles. The van der Waals surface area contributed by atoms with Crippen LogP contribution in [-0.2, 0) is 11.2 Å². The normalized spacial score (nSPS) is 10.1. The number of hydrogen-bond donors (Lipinski definition) is 0. The summed E-state index contributed by atoms with van der Waals surface area (Å²) >= 11 is 5.48. The first-order valence-electron chi connectivity index (χ1n) is 4.81. The summed E-state index contributed by atoms with van der Waals surface area (Å²) in [7, 11) is 1.64. The molecule has 0 aromatic heterocycles. The van der Waals surface area contributed by atoms with Gasteiger partial charge in [0.05, 0.1) is 13.0 Å². The molecule has 15 heavy (non-hydrogen) atoms. The third-order valence-electron chi connectivity index (χ3n) is 2.61. The lowest BCUT2D eigenvalue weighted by Gasteiger charge is -2.11. The Bertz CT molecular complexity index is 372. The van der Waals surface area contributed by atoms with E-state index in [2.05, 4.69) is 0 Å². The molecule has 0 aliphatic heterocycles. The van der Waals surface area contributed by atoms with Crippen LogP contribution >= 0.6 is 11.6 Å². The SMILES string of the molecule is COc1ccc(CC(=O)CCl)c(C)c1C. The number of halogens is 1. The summed E-state index contributed by atoms with van der Waals surface area (Å²) in [4.78, 5) is 11.2. The molecule has 0 saturated heterocycles. The van der Waals surface area contributed by atoms with Crippen molar-refractivity contribution in [3.05, 3.63) is 28.8 Å². The predicted octanol–water partition coefficient (Wildman–Crippen LogP) is 2.66. The Morgan fingerprint density at radius 3 is 2.53 bits per heavy atom. The molecule has 0 amide bonds. The maximum absolute atomic E-state index is 11.2. The van der Waals surface area contributed by atoms with Crippen molar-refractivity contribution in [2.24, 2.45) is 0 Å². The minimum absolute atomic E-state index is 0.0457. The van der Waals surface area contributed by atoms with Crippen molar-refractivity contribution >= 4 is 17.4 Å². The van der Waals surface area contributed by atoms with Crippen LogP contribution in [0.4, 0.5) is 0 Å². The zero-order chi connectivity index (χ0) is 11.4. The van der Waals surface area contributed by atoms with Crippen LogP contribution < -0.4 is 4.74 Å². The van der Waals surface area contributed by atoms with Crippen LogP contribution in [0.1, 0.15) is 16.7 Å². The number of benzene rings is 1. The van der Waals surface area contributed by atoms with Gasteiger partial charge in [-0.15, -0.1) is 11.6 Å². The highest BCUT2D eigenvalue weighted by atomic mass is 35.5. The van der Waals surface area contributed by atoms with Gasteiger partial charge in [0.25, 0.3) is 0 Å². The topological polar surface area (TPSA) is 26.3 Å². The standard InChI is InChI=1S/C12H15ClO2/c1-8-9(2)12(15-3)5-4-10(8)6-11(14)7-13/h4-5H,6-7H2,1-3H3. The number of carbonyl (C=O) groups is 1. The number of ketones is 1. The van der Waals surface area contributed by atoms with Crippen LogP contribution in [0.2, 0.25) is 0 Å². The highest BCUT2D eigenvalue weighted by Crippen LogP contribution is 2.24. The van der Waals surface area contributed by atoms with Gasteiger partial charge in [-0.05, 0) is 36.6 Å². The first kappa shape index (κ1) is 12.1. The van der Waals surface area contributed by atoms with Crippen LogP contribution in [-0.4, -0.2) is 18.8 Å². The molecule has 82 valence electrons. The van der Waals surface area contributed by atoms with E-state index in [0.29, 0.717) is 6.42 Å². The highest BCUT2D eigenvalue weighted by molar-refractivity contribution is 6.27. The average Bonchev–Trinajstić information content (AvgIpc) is 2.25. The van der Waals surface area contributed by atoms with E-state index >= 15 is 0 Å². The number of hydrogen-bond acceptors (Lipinski definition) is 2. The minimum atomic E-state index is 0.0457. The van der Waals surface area contributed by atoms with Crippen molar-refractivity contribution < 1.29 is 9.53 Å². The smallest absolute Gasteiger partial charge is 0.151 e. The molecule has 1 rings (SSSR count). The Hall–Kier alpha value is -1.02. The van der Waals surface area contributed by atoms with E-state index in [1.807, 2.05) is 26.0 Å². The summed E-state index contributed by atoms with van der Waals surface area (Å²) in [6, 6.07) is 3.81. The lowest BCUT2D eigenvalue weighted by Crippen LogP contribution is -2.06. The second-order valence-corrected chi connectivity index (χ2v) is 3.79. The highest BCUT2D eigenvalue weighted by Gasteiger charge is 2.09. The minimum Gasteiger partial charge on any atom is -0.496 e. The Morgan fingerprint density at radius 2 is 2.00 bits per heavy atom. The Labute approximate surface area is 95.2 Å². The Balaban J connectivity index is 3.01. The van der Waals surface area contributed by atoms with E-state index in [9.17, 15) is 4.79 Å². The molecule has 3 heteroatoms. The molecular weight excluding hydrogens is 212 g/mol. The monoisotopic (exact) mass is 226 g/mol. The third-order valence-corrected chi connectivity index (χ3v) is 2.90. The number of ether oxygens (including phenoxy) is 1. The molecule has 0 bridgehead atoms. The largest absolute Gasteiger partial charge is 0.496 e. The number of carbonyl (C=O) groups excluding carboxylic acids is 1. The Morgan fingerprint density at radius 1 is 1.33 bits per heavy atom.